The summed E-state index contributed by atoms with van der Waals surface area (Å²) in [5, 5.41) is 6.45. The summed E-state index contributed by atoms with van der Waals surface area (Å²) >= 11 is 0. The van der Waals surface area contributed by atoms with Crippen molar-refractivity contribution in [3.8, 4) is 0 Å². The molecule has 1 aromatic rings. The Morgan fingerprint density at radius 3 is 2.60 bits per heavy atom. The fourth-order valence-electron chi connectivity index (χ4n) is 2.22. The second-order valence-corrected chi connectivity index (χ2v) is 5.25. The van der Waals surface area contributed by atoms with E-state index in [-0.39, 0.29) is 17.5 Å². The maximum Gasteiger partial charge on any atom is 0.191 e. The summed E-state index contributed by atoms with van der Waals surface area (Å²) in [7, 11) is 1.69. The Morgan fingerprint density at radius 2 is 2.05 bits per heavy atom. The number of nitrogens with zero attached hydrogens (tertiary/aromatic N) is 1. The maximum absolute atomic E-state index is 13.7. The molecule has 0 spiro atoms. The van der Waals surface area contributed by atoms with E-state index in [9.17, 15) is 8.78 Å². The third-order valence-corrected chi connectivity index (χ3v) is 3.70. The molecular formula is C15H21F2N3. The number of rotatable bonds is 4. The van der Waals surface area contributed by atoms with Crippen LogP contribution >= 0.6 is 0 Å². The van der Waals surface area contributed by atoms with Crippen LogP contribution in [0, 0.1) is 11.6 Å². The molecule has 0 aliphatic heterocycles. The second-order valence-electron chi connectivity index (χ2n) is 5.25. The quantitative estimate of drug-likeness (QED) is 0.657. The first-order chi connectivity index (χ1) is 9.56. The van der Waals surface area contributed by atoms with Crippen molar-refractivity contribution in [1.82, 2.24) is 10.6 Å². The molecular weight excluding hydrogens is 260 g/mol. The van der Waals surface area contributed by atoms with Crippen LogP contribution in [0.2, 0.25) is 0 Å². The molecule has 2 rings (SSSR count). The van der Waals surface area contributed by atoms with E-state index in [1.54, 1.807) is 7.05 Å². The predicted octanol–water partition coefficient (Wildman–Crippen LogP) is 2.78. The van der Waals surface area contributed by atoms with E-state index < -0.39 is 11.6 Å². The molecule has 0 aromatic heterocycles. The normalized spacial score (nSPS) is 23.4. The lowest BCUT2D eigenvalue weighted by Gasteiger charge is -2.16. The van der Waals surface area contributed by atoms with Gasteiger partial charge in [-0.1, -0.05) is 13.0 Å². The smallest absolute Gasteiger partial charge is 0.191 e. The minimum Gasteiger partial charge on any atom is -0.354 e. The fourth-order valence-corrected chi connectivity index (χ4v) is 2.22. The van der Waals surface area contributed by atoms with Gasteiger partial charge < -0.3 is 10.6 Å². The van der Waals surface area contributed by atoms with Crippen molar-refractivity contribution in [3.63, 3.8) is 0 Å². The van der Waals surface area contributed by atoms with Gasteiger partial charge in [0.05, 0.1) is 0 Å². The van der Waals surface area contributed by atoms with Gasteiger partial charge in [-0.25, -0.2) is 8.78 Å². The largest absolute Gasteiger partial charge is 0.354 e. The molecule has 2 N–H and O–H groups in total. The van der Waals surface area contributed by atoms with Crippen molar-refractivity contribution >= 4 is 5.96 Å². The third kappa shape index (κ3) is 3.26. The van der Waals surface area contributed by atoms with Gasteiger partial charge in [-0.3, -0.25) is 4.99 Å². The molecule has 3 unspecified atom stereocenters. The van der Waals surface area contributed by atoms with E-state index in [2.05, 4.69) is 29.5 Å². The summed E-state index contributed by atoms with van der Waals surface area (Å²) in [5.74, 6) is -0.372. The van der Waals surface area contributed by atoms with Crippen LogP contribution in [-0.2, 0) is 0 Å². The highest BCUT2D eigenvalue weighted by atomic mass is 19.1. The molecule has 20 heavy (non-hydrogen) atoms. The highest BCUT2D eigenvalue weighted by Gasteiger charge is 2.42. The van der Waals surface area contributed by atoms with Crippen LogP contribution in [0.15, 0.2) is 23.2 Å². The standard InChI is InChI=1S/C15H21F2N3/c1-4-9(2)19-15(18-3)20-13-8-10(13)14-11(16)6-5-7-12(14)17/h5-7,9-10,13H,4,8H2,1-3H3,(H2,18,19,20). The number of benzene rings is 1. The average molecular weight is 281 g/mol. The van der Waals surface area contributed by atoms with Crippen molar-refractivity contribution in [2.24, 2.45) is 4.99 Å². The molecule has 110 valence electrons. The van der Waals surface area contributed by atoms with Gasteiger partial charge in [-0.05, 0) is 31.9 Å². The maximum atomic E-state index is 13.7. The first kappa shape index (κ1) is 14.8. The molecule has 3 atom stereocenters. The highest BCUT2D eigenvalue weighted by Crippen LogP contribution is 2.42. The van der Waals surface area contributed by atoms with Gasteiger partial charge in [-0.2, -0.15) is 0 Å². The third-order valence-electron chi connectivity index (χ3n) is 3.70. The predicted molar refractivity (Wildman–Crippen MR) is 76.9 cm³/mol. The zero-order valence-electron chi connectivity index (χ0n) is 12.1. The number of hydrogen-bond acceptors (Lipinski definition) is 1. The van der Waals surface area contributed by atoms with Crippen LogP contribution in [0.25, 0.3) is 0 Å². The minimum atomic E-state index is -0.468. The van der Waals surface area contributed by atoms with Crippen LogP contribution in [-0.4, -0.2) is 25.1 Å². The lowest BCUT2D eigenvalue weighted by molar-refractivity contribution is 0.553. The Balaban J connectivity index is 1.98. The van der Waals surface area contributed by atoms with E-state index in [0.29, 0.717) is 12.0 Å². The van der Waals surface area contributed by atoms with E-state index >= 15 is 0 Å². The Hall–Kier alpha value is -1.65. The van der Waals surface area contributed by atoms with E-state index in [1.165, 1.54) is 18.2 Å². The number of aliphatic imine (C=N–C) groups is 1. The number of guanidine groups is 1. The summed E-state index contributed by atoms with van der Waals surface area (Å²) in [6.07, 6.45) is 1.70. The van der Waals surface area contributed by atoms with Gasteiger partial charge in [0.25, 0.3) is 0 Å². The molecule has 0 bridgehead atoms. The van der Waals surface area contributed by atoms with Crippen LogP contribution in [0.5, 0.6) is 0 Å². The Bertz CT molecular complexity index is 482. The molecule has 1 saturated carbocycles. The molecule has 5 heteroatoms. The van der Waals surface area contributed by atoms with Crippen LogP contribution in [0.1, 0.15) is 38.2 Å². The van der Waals surface area contributed by atoms with E-state index in [0.717, 1.165) is 12.8 Å². The molecule has 1 aliphatic carbocycles. The summed E-state index contributed by atoms with van der Waals surface area (Å²) in [5.41, 5.74) is 0.184. The Kier molecular flexibility index (Phi) is 4.57. The van der Waals surface area contributed by atoms with Crippen molar-refractivity contribution in [3.05, 3.63) is 35.4 Å². The zero-order valence-corrected chi connectivity index (χ0v) is 12.1. The Morgan fingerprint density at radius 1 is 1.40 bits per heavy atom. The van der Waals surface area contributed by atoms with Crippen molar-refractivity contribution < 1.29 is 8.78 Å². The molecule has 0 saturated heterocycles. The number of hydrogen-bond donors (Lipinski definition) is 2. The van der Waals surface area contributed by atoms with Crippen molar-refractivity contribution in [1.29, 1.82) is 0 Å². The van der Waals surface area contributed by atoms with Crippen LogP contribution < -0.4 is 10.6 Å². The molecule has 1 aromatic carbocycles. The SMILES string of the molecule is CCC(C)NC(=NC)NC1CC1c1c(F)cccc1F. The molecule has 1 fully saturated rings. The average Bonchev–Trinajstić information content (AvgIpc) is 3.16. The van der Waals surface area contributed by atoms with Crippen LogP contribution in [0.4, 0.5) is 8.78 Å². The molecule has 0 heterocycles. The van der Waals surface area contributed by atoms with Gasteiger partial charge in [0, 0.05) is 30.6 Å². The fraction of sp³-hybridized carbons (Fsp3) is 0.533. The zero-order chi connectivity index (χ0) is 14.7. The lowest BCUT2D eigenvalue weighted by Crippen LogP contribution is -2.43. The van der Waals surface area contributed by atoms with Crippen molar-refractivity contribution in [2.75, 3.05) is 7.05 Å². The van der Waals surface area contributed by atoms with Gasteiger partial charge in [-0.15, -0.1) is 0 Å². The first-order valence-corrected chi connectivity index (χ1v) is 7.00. The summed E-state index contributed by atoms with van der Waals surface area (Å²) in [6.45, 7) is 4.15. The van der Waals surface area contributed by atoms with Gasteiger partial charge in [0.1, 0.15) is 11.6 Å². The first-order valence-electron chi connectivity index (χ1n) is 7.00. The van der Waals surface area contributed by atoms with Gasteiger partial charge >= 0.3 is 0 Å². The minimum absolute atomic E-state index is 0.0386. The van der Waals surface area contributed by atoms with Crippen LogP contribution in [0.3, 0.4) is 0 Å². The summed E-state index contributed by atoms with van der Waals surface area (Å²) in [6, 6.07) is 4.35. The van der Waals surface area contributed by atoms with Crippen molar-refractivity contribution in [2.45, 2.75) is 44.7 Å². The molecule has 0 radical (unpaired) electrons. The summed E-state index contributed by atoms with van der Waals surface area (Å²) in [4.78, 5) is 4.14. The lowest BCUT2D eigenvalue weighted by atomic mass is 10.1. The monoisotopic (exact) mass is 281 g/mol. The number of nitrogens with one attached hydrogen (secondary N) is 2. The molecule has 1 aliphatic rings. The van der Waals surface area contributed by atoms with Gasteiger partial charge in [0.2, 0.25) is 0 Å². The summed E-state index contributed by atoms with van der Waals surface area (Å²) < 4.78 is 27.4. The highest BCUT2D eigenvalue weighted by molar-refractivity contribution is 5.80. The number of halogens is 2. The van der Waals surface area contributed by atoms with E-state index in [4.69, 9.17) is 0 Å². The Labute approximate surface area is 118 Å². The van der Waals surface area contributed by atoms with Gasteiger partial charge in [0.15, 0.2) is 5.96 Å². The molecule has 0 amide bonds. The van der Waals surface area contributed by atoms with E-state index in [1.807, 2.05) is 0 Å². The molecule has 3 nitrogen and oxygen atoms in total. The topological polar surface area (TPSA) is 36.4 Å². The second kappa shape index (κ2) is 6.20.